The molecule has 4 heteroatoms. The molecule has 88 valence electrons. The van der Waals surface area contributed by atoms with E-state index in [4.69, 9.17) is 0 Å². The predicted octanol–water partition coefficient (Wildman–Crippen LogP) is 2.97. The molecule has 1 aromatic heterocycles. The summed E-state index contributed by atoms with van der Waals surface area (Å²) in [7, 11) is 1.97. The number of aromatic nitrogens is 1. The first-order valence-corrected chi connectivity index (χ1v) is 6.66. The number of hydrazone groups is 1. The van der Waals surface area contributed by atoms with Gasteiger partial charge in [0.1, 0.15) is 5.04 Å². The third-order valence-electron chi connectivity index (χ3n) is 2.10. The zero-order valence-corrected chi connectivity index (χ0v) is 11.2. The van der Waals surface area contributed by atoms with Gasteiger partial charge in [0.25, 0.3) is 0 Å². The van der Waals surface area contributed by atoms with E-state index in [9.17, 15) is 0 Å². The molecule has 0 fully saturated rings. The maximum atomic E-state index is 4.39. The van der Waals surface area contributed by atoms with Crippen molar-refractivity contribution in [2.24, 2.45) is 5.10 Å². The highest BCUT2D eigenvalue weighted by Crippen LogP contribution is 2.19. The van der Waals surface area contributed by atoms with Crippen molar-refractivity contribution in [2.45, 2.75) is 27.2 Å². The normalized spacial score (nSPS) is 14.2. The van der Waals surface area contributed by atoms with Gasteiger partial charge in [-0.25, -0.2) is 0 Å². The van der Waals surface area contributed by atoms with Crippen LogP contribution in [0, 0.1) is 0 Å². The molecule has 0 spiro atoms. The molecule has 0 N–H and O–H groups in total. The van der Waals surface area contributed by atoms with E-state index in [0.717, 1.165) is 23.0 Å². The Morgan fingerprint density at radius 3 is 2.56 bits per heavy atom. The van der Waals surface area contributed by atoms with Gasteiger partial charge in [-0.2, -0.15) is 5.10 Å². The van der Waals surface area contributed by atoms with E-state index in [1.54, 1.807) is 11.8 Å². The summed E-state index contributed by atoms with van der Waals surface area (Å²) in [5, 5.41) is 7.31. The molecule has 2 rings (SSSR count). The summed E-state index contributed by atoms with van der Waals surface area (Å²) in [6.07, 6.45) is 2.96. The van der Waals surface area contributed by atoms with E-state index < -0.39 is 0 Å². The number of hydrogen-bond acceptors (Lipinski definition) is 4. The van der Waals surface area contributed by atoms with Gasteiger partial charge in [0.15, 0.2) is 0 Å². The van der Waals surface area contributed by atoms with Crippen LogP contribution >= 0.6 is 11.8 Å². The van der Waals surface area contributed by atoms with Crippen molar-refractivity contribution in [3.8, 4) is 0 Å². The number of aryl methyl sites for hydroxylation is 1. The van der Waals surface area contributed by atoms with Gasteiger partial charge in [-0.05, 0) is 18.1 Å². The first kappa shape index (κ1) is 13.0. The largest absolute Gasteiger partial charge is 0.289 e. The smallest absolute Gasteiger partial charge is 0.144 e. The van der Waals surface area contributed by atoms with Crippen LogP contribution in [0.25, 0.3) is 0 Å². The van der Waals surface area contributed by atoms with E-state index in [0.29, 0.717) is 0 Å². The minimum absolute atomic E-state index is 0.923. The Balaban J connectivity index is 0.000000606. The topological polar surface area (TPSA) is 28.5 Å². The fourth-order valence-electron chi connectivity index (χ4n) is 1.25. The zero-order chi connectivity index (χ0) is 12.0. The average Bonchev–Trinajstić information content (AvgIpc) is 2.79. The summed E-state index contributed by atoms with van der Waals surface area (Å²) in [4.78, 5) is 4.39. The average molecular weight is 237 g/mol. The minimum atomic E-state index is 0.923. The molecule has 0 amide bonds. The molecule has 0 aromatic carbocycles. The lowest BCUT2D eigenvalue weighted by Crippen LogP contribution is -2.03. The molecule has 1 aromatic rings. The summed E-state index contributed by atoms with van der Waals surface area (Å²) in [6.45, 7) is 6.13. The molecule has 0 radical (unpaired) electrons. The summed E-state index contributed by atoms with van der Waals surface area (Å²) in [6, 6.07) is 4.16. The second-order valence-corrected chi connectivity index (χ2v) is 4.18. The van der Waals surface area contributed by atoms with Gasteiger partial charge in [-0.15, -0.1) is 0 Å². The SMILES string of the molecule is CC.CCc1ccc(C2=NN(C)CS2)nc1. The first-order valence-electron chi connectivity index (χ1n) is 5.67. The maximum Gasteiger partial charge on any atom is 0.144 e. The predicted molar refractivity (Wildman–Crippen MR) is 71.7 cm³/mol. The van der Waals surface area contributed by atoms with Crippen molar-refractivity contribution >= 4 is 16.8 Å². The van der Waals surface area contributed by atoms with Crippen LogP contribution in [-0.2, 0) is 6.42 Å². The fourth-order valence-corrected chi connectivity index (χ4v) is 2.09. The van der Waals surface area contributed by atoms with Crippen LogP contribution in [0.5, 0.6) is 0 Å². The molecule has 0 aliphatic carbocycles. The standard InChI is InChI=1S/C10H13N3S.C2H6/c1-3-8-4-5-9(11-6-8)10-12-13(2)7-14-10;1-2/h4-6H,3,7H2,1-2H3;1-2H3. The first-order chi connectivity index (χ1) is 7.79. The van der Waals surface area contributed by atoms with Crippen LogP contribution in [0.3, 0.4) is 0 Å². The van der Waals surface area contributed by atoms with E-state index in [1.165, 1.54) is 5.56 Å². The Kier molecular flexibility index (Phi) is 5.32. The molecule has 0 unspecified atom stereocenters. The summed E-state index contributed by atoms with van der Waals surface area (Å²) >= 11 is 1.73. The van der Waals surface area contributed by atoms with Gasteiger partial charge >= 0.3 is 0 Å². The summed E-state index contributed by atoms with van der Waals surface area (Å²) < 4.78 is 0. The fraction of sp³-hybridized carbons (Fsp3) is 0.500. The van der Waals surface area contributed by atoms with E-state index in [1.807, 2.05) is 38.2 Å². The van der Waals surface area contributed by atoms with Crippen LogP contribution < -0.4 is 0 Å². The highest BCUT2D eigenvalue weighted by Gasteiger charge is 2.14. The Morgan fingerprint density at radius 1 is 1.38 bits per heavy atom. The minimum Gasteiger partial charge on any atom is -0.289 e. The Labute approximate surface area is 102 Å². The Bertz CT molecular complexity index is 346. The lowest BCUT2D eigenvalue weighted by atomic mass is 10.2. The van der Waals surface area contributed by atoms with E-state index in [2.05, 4.69) is 23.1 Å². The second-order valence-electron chi connectivity index (χ2n) is 3.24. The van der Waals surface area contributed by atoms with Gasteiger partial charge in [-0.3, -0.25) is 9.99 Å². The third-order valence-corrected chi connectivity index (χ3v) is 3.17. The second kappa shape index (κ2) is 6.53. The maximum absolute atomic E-state index is 4.39. The van der Waals surface area contributed by atoms with Crippen LogP contribution in [0.4, 0.5) is 0 Å². The third kappa shape index (κ3) is 3.23. The lowest BCUT2D eigenvalue weighted by molar-refractivity contribution is 0.429. The molecule has 0 bridgehead atoms. The quantitative estimate of drug-likeness (QED) is 0.791. The molecule has 1 aliphatic rings. The molecular weight excluding hydrogens is 218 g/mol. The van der Waals surface area contributed by atoms with Crippen molar-refractivity contribution in [2.75, 3.05) is 12.9 Å². The van der Waals surface area contributed by atoms with Gasteiger partial charge < -0.3 is 0 Å². The number of hydrogen-bond donors (Lipinski definition) is 0. The molecule has 3 nitrogen and oxygen atoms in total. The van der Waals surface area contributed by atoms with Crippen LogP contribution in [0.2, 0.25) is 0 Å². The van der Waals surface area contributed by atoms with Crippen LogP contribution in [0.15, 0.2) is 23.4 Å². The molecule has 0 atom stereocenters. The molecule has 16 heavy (non-hydrogen) atoms. The van der Waals surface area contributed by atoms with Gasteiger partial charge in [-0.1, -0.05) is 38.6 Å². The monoisotopic (exact) mass is 237 g/mol. The summed E-state index contributed by atoms with van der Waals surface area (Å²) in [5.74, 6) is 0.923. The molecule has 0 saturated heterocycles. The molecular formula is C12H19N3S. The summed E-state index contributed by atoms with van der Waals surface area (Å²) in [5.41, 5.74) is 2.25. The van der Waals surface area contributed by atoms with E-state index in [-0.39, 0.29) is 0 Å². The van der Waals surface area contributed by atoms with Crippen molar-refractivity contribution in [3.63, 3.8) is 0 Å². The molecule has 1 aliphatic heterocycles. The van der Waals surface area contributed by atoms with Crippen molar-refractivity contribution in [3.05, 3.63) is 29.6 Å². The zero-order valence-electron chi connectivity index (χ0n) is 10.4. The number of thioether (sulfide) groups is 1. The Hall–Kier alpha value is -1.03. The van der Waals surface area contributed by atoms with Crippen LogP contribution in [-0.4, -0.2) is 28.0 Å². The highest BCUT2D eigenvalue weighted by atomic mass is 32.2. The van der Waals surface area contributed by atoms with Gasteiger partial charge in [0.2, 0.25) is 0 Å². The number of pyridine rings is 1. The Morgan fingerprint density at radius 2 is 2.12 bits per heavy atom. The van der Waals surface area contributed by atoms with Gasteiger partial charge in [0, 0.05) is 13.2 Å². The van der Waals surface area contributed by atoms with Gasteiger partial charge in [0.05, 0.1) is 11.6 Å². The van der Waals surface area contributed by atoms with Crippen molar-refractivity contribution in [1.29, 1.82) is 0 Å². The highest BCUT2D eigenvalue weighted by molar-refractivity contribution is 8.14. The lowest BCUT2D eigenvalue weighted by Gasteiger charge is -2.00. The number of rotatable bonds is 2. The van der Waals surface area contributed by atoms with E-state index >= 15 is 0 Å². The molecule has 2 heterocycles. The molecule has 0 saturated carbocycles. The number of nitrogens with zero attached hydrogens (tertiary/aromatic N) is 3. The van der Waals surface area contributed by atoms with Crippen LogP contribution in [0.1, 0.15) is 32.0 Å². The van der Waals surface area contributed by atoms with Crippen molar-refractivity contribution < 1.29 is 0 Å². The van der Waals surface area contributed by atoms with Crippen molar-refractivity contribution in [1.82, 2.24) is 9.99 Å².